The molecular formula is C12H8F3N3O2. The first-order valence-electron chi connectivity index (χ1n) is 5.43. The molecule has 104 valence electrons. The molecule has 0 fully saturated rings. The summed E-state index contributed by atoms with van der Waals surface area (Å²) >= 11 is 0. The summed E-state index contributed by atoms with van der Waals surface area (Å²) in [4.78, 5) is 21.5. The molecule has 20 heavy (non-hydrogen) atoms. The molecule has 0 saturated heterocycles. The molecule has 0 aliphatic carbocycles. The molecule has 0 saturated carbocycles. The van der Waals surface area contributed by atoms with Crippen LogP contribution < -0.4 is 0 Å². The summed E-state index contributed by atoms with van der Waals surface area (Å²) in [6, 6.07) is 3.29. The Bertz CT molecular complexity index is 630. The summed E-state index contributed by atoms with van der Waals surface area (Å²) in [6.07, 6.45) is -1.14. The lowest BCUT2D eigenvalue weighted by molar-refractivity contribution is -0.141. The number of halogens is 3. The Kier molecular flexibility index (Phi) is 3.64. The lowest BCUT2D eigenvalue weighted by Crippen LogP contribution is -2.17. The molecule has 2 aromatic heterocycles. The SMILES string of the molecule is O=C(O)c1cnc(Cc2cccnc2)nc1C(F)(F)F. The maximum Gasteiger partial charge on any atom is 0.434 e. The highest BCUT2D eigenvalue weighted by molar-refractivity contribution is 5.88. The van der Waals surface area contributed by atoms with E-state index in [4.69, 9.17) is 5.11 Å². The predicted octanol–water partition coefficient (Wildman–Crippen LogP) is 2.18. The standard InChI is InChI=1S/C12H8F3N3O2/c13-12(14,15)10-8(11(19)20)6-17-9(18-10)4-7-2-1-3-16-5-7/h1-3,5-6H,4H2,(H,19,20). The van der Waals surface area contributed by atoms with E-state index in [1.165, 1.54) is 12.4 Å². The largest absolute Gasteiger partial charge is 0.478 e. The molecule has 0 aliphatic rings. The highest BCUT2D eigenvalue weighted by Crippen LogP contribution is 2.30. The topological polar surface area (TPSA) is 76.0 Å². The highest BCUT2D eigenvalue weighted by atomic mass is 19.4. The maximum absolute atomic E-state index is 12.8. The quantitative estimate of drug-likeness (QED) is 0.934. The second kappa shape index (κ2) is 5.24. The van der Waals surface area contributed by atoms with Gasteiger partial charge in [-0.15, -0.1) is 0 Å². The number of hydrogen-bond acceptors (Lipinski definition) is 4. The van der Waals surface area contributed by atoms with E-state index in [0.29, 0.717) is 11.8 Å². The van der Waals surface area contributed by atoms with E-state index >= 15 is 0 Å². The third kappa shape index (κ3) is 3.08. The third-order valence-corrected chi connectivity index (χ3v) is 2.42. The second-order valence-corrected chi connectivity index (χ2v) is 3.89. The Balaban J connectivity index is 2.40. The highest BCUT2D eigenvalue weighted by Gasteiger charge is 2.38. The van der Waals surface area contributed by atoms with E-state index < -0.39 is 23.4 Å². The molecule has 0 atom stereocenters. The first-order valence-corrected chi connectivity index (χ1v) is 5.43. The zero-order valence-corrected chi connectivity index (χ0v) is 9.92. The van der Waals surface area contributed by atoms with E-state index in [0.717, 1.165) is 0 Å². The molecule has 0 aromatic carbocycles. The van der Waals surface area contributed by atoms with E-state index in [2.05, 4.69) is 15.0 Å². The van der Waals surface area contributed by atoms with Crippen LogP contribution in [0, 0.1) is 0 Å². The van der Waals surface area contributed by atoms with Crippen LogP contribution >= 0.6 is 0 Å². The van der Waals surface area contributed by atoms with Crippen LogP contribution in [0.3, 0.4) is 0 Å². The fourth-order valence-electron chi connectivity index (χ4n) is 1.56. The van der Waals surface area contributed by atoms with Crippen LogP contribution in [0.1, 0.15) is 27.4 Å². The lowest BCUT2D eigenvalue weighted by Gasteiger charge is -2.10. The Labute approximate surface area is 111 Å². The summed E-state index contributed by atoms with van der Waals surface area (Å²) in [5, 5.41) is 8.72. The normalized spacial score (nSPS) is 11.3. The van der Waals surface area contributed by atoms with Crippen LogP contribution in [-0.2, 0) is 12.6 Å². The van der Waals surface area contributed by atoms with Gasteiger partial charge < -0.3 is 5.11 Å². The molecule has 0 radical (unpaired) electrons. The second-order valence-electron chi connectivity index (χ2n) is 3.89. The van der Waals surface area contributed by atoms with Crippen LogP contribution in [0.15, 0.2) is 30.7 Å². The summed E-state index contributed by atoms with van der Waals surface area (Å²) in [6.45, 7) is 0. The first kappa shape index (κ1) is 13.9. The average Bonchev–Trinajstić information content (AvgIpc) is 2.38. The number of hydrogen-bond donors (Lipinski definition) is 1. The number of carbonyl (C=O) groups is 1. The van der Waals surface area contributed by atoms with Gasteiger partial charge in [0.2, 0.25) is 0 Å². The molecule has 0 unspecified atom stereocenters. The molecule has 1 N–H and O–H groups in total. The van der Waals surface area contributed by atoms with E-state index in [1.807, 2.05) is 0 Å². The van der Waals surface area contributed by atoms with Gasteiger partial charge in [-0.1, -0.05) is 6.07 Å². The van der Waals surface area contributed by atoms with Crippen LogP contribution in [0.4, 0.5) is 13.2 Å². The van der Waals surface area contributed by atoms with Gasteiger partial charge in [0.05, 0.1) is 0 Å². The molecule has 2 heterocycles. The van der Waals surface area contributed by atoms with Crippen LogP contribution in [0.25, 0.3) is 0 Å². The van der Waals surface area contributed by atoms with Gasteiger partial charge in [-0.2, -0.15) is 13.2 Å². The van der Waals surface area contributed by atoms with Gasteiger partial charge in [0.25, 0.3) is 0 Å². The van der Waals surface area contributed by atoms with Crippen molar-refractivity contribution in [2.24, 2.45) is 0 Å². The minimum Gasteiger partial charge on any atom is -0.478 e. The molecule has 2 aromatic rings. The first-order chi connectivity index (χ1) is 9.38. The molecule has 0 aliphatic heterocycles. The smallest absolute Gasteiger partial charge is 0.434 e. The number of nitrogens with zero attached hydrogens (tertiary/aromatic N) is 3. The number of carboxylic acid groups (broad SMARTS) is 1. The number of aromatic carboxylic acids is 1. The van der Waals surface area contributed by atoms with Crippen molar-refractivity contribution in [3.63, 3.8) is 0 Å². The van der Waals surface area contributed by atoms with Crippen molar-refractivity contribution in [1.82, 2.24) is 15.0 Å². The number of alkyl halides is 3. The molecule has 0 bridgehead atoms. The van der Waals surface area contributed by atoms with E-state index in [-0.39, 0.29) is 12.2 Å². The van der Waals surface area contributed by atoms with Crippen molar-refractivity contribution in [1.29, 1.82) is 0 Å². The number of pyridine rings is 1. The van der Waals surface area contributed by atoms with E-state index in [9.17, 15) is 18.0 Å². The summed E-state index contributed by atoms with van der Waals surface area (Å²) in [5.74, 6) is -1.83. The predicted molar refractivity (Wildman–Crippen MR) is 61.0 cm³/mol. The third-order valence-electron chi connectivity index (χ3n) is 2.42. The number of rotatable bonds is 3. The van der Waals surface area contributed by atoms with E-state index in [1.54, 1.807) is 12.1 Å². The van der Waals surface area contributed by atoms with Crippen LogP contribution in [0.2, 0.25) is 0 Å². The van der Waals surface area contributed by atoms with Crippen LogP contribution in [0.5, 0.6) is 0 Å². The van der Waals surface area contributed by atoms with Gasteiger partial charge in [-0.3, -0.25) is 4.98 Å². The monoisotopic (exact) mass is 283 g/mol. The number of carboxylic acids is 1. The summed E-state index contributed by atoms with van der Waals surface area (Å²) in [7, 11) is 0. The average molecular weight is 283 g/mol. The minimum atomic E-state index is -4.85. The molecule has 0 amide bonds. The zero-order chi connectivity index (χ0) is 14.8. The van der Waals surface area contributed by atoms with Gasteiger partial charge in [-0.25, -0.2) is 14.8 Å². The van der Waals surface area contributed by atoms with Crippen molar-refractivity contribution in [2.45, 2.75) is 12.6 Å². The van der Waals surface area contributed by atoms with Gasteiger partial charge in [0.15, 0.2) is 5.69 Å². The van der Waals surface area contributed by atoms with Gasteiger partial charge >= 0.3 is 12.1 Å². The molecule has 5 nitrogen and oxygen atoms in total. The van der Waals surface area contributed by atoms with Crippen LogP contribution in [-0.4, -0.2) is 26.0 Å². The summed E-state index contributed by atoms with van der Waals surface area (Å²) < 4.78 is 38.3. The summed E-state index contributed by atoms with van der Waals surface area (Å²) in [5.41, 5.74) is -1.78. The fourth-order valence-corrected chi connectivity index (χ4v) is 1.56. The number of aromatic nitrogens is 3. The molecular weight excluding hydrogens is 275 g/mol. The Morgan fingerprint density at radius 1 is 1.30 bits per heavy atom. The van der Waals surface area contributed by atoms with Crippen molar-refractivity contribution < 1.29 is 23.1 Å². The fraction of sp³-hybridized carbons (Fsp3) is 0.167. The van der Waals surface area contributed by atoms with Crippen molar-refractivity contribution in [3.8, 4) is 0 Å². The van der Waals surface area contributed by atoms with Gasteiger partial charge in [0, 0.05) is 25.0 Å². The molecule has 0 spiro atoms. The van der Waals surface area contributed by atoms with Crippen molar-refractivity contribution >= 4 is 5.97 Å². The zero-order valence-electron chi connectivity index (χ0n) is 9.92. The Hall–Kier alpha value is -2.51. The maximum atomic E-state index is 12.8. The van der Waals surface area contributed by atoms with Gasteiger partial charge in [0.1, 0.15) is 11.4 Å². The lowest BCUT2D eigenvalue weighted by atomic mass is 10.2. The Morgan fingerprint density at radius 3 is 2.60 bits per heavy atom. The molecule has 2 rings (SSSR count). The van der Waals surface area contributed by atoms with Crippen molar-refractivity contribution in [3.05, 3.63) is 53.4 Å². The minimum absolute atomic E-state index is 0.0385. The van der Waals surface area contributed by atoms with Gasteiger partial charge in [-0.05, 0) is 11.6 Å². The Morgan fingerprint density at radius 2 is 2.05 bits per heavy atom. The van der Waals surface area contributed by atoms with Crippen molar-refractivity contribution in [2.75, 3.05) is 0 Å². The molecule has 8 heteroatoms.